The van der Waals surface area contributed by atoms with Crippen molar-refractivity contribution in [2.24, 2.45) is 23.7 Å². The van der Waals surface area contributed by atoms with Crippen molar-refractivity contribution in [1.29, 1.82) is 0 Å². The van der Waals surface area contributed by atoms with E-state index in [4.69, 9.17) is 10.2 Å². The Kier molecular flexibility index (Phi) is 2.21. The molecule has 4 atom stereocenters. The number of hydrogen-bond donors (Lipinski definition) is 2. The summed E-state index contributed by atoms with van der Waals surface area (Å²) >= 11 is 0. The van der Waals surface area contributed by atoms with Crippen LogP contribution in [0.1, 0.15) is 25.7 Å². The van der Waals surface area contributed by atoms with Crippen LogP contribution in [-0.2, 0) is 9.59 Å². The summed E-state index contributed by atoms with van der Waals surface area (Å²) in [6.07, 6.45) is 3.11. The molecule has 2 saturated carbocycles. The number of rotatable bonds is 2. The lowest BCUT2D eigenvalue weighted by molar-refractivity contribution is -0.147. The van der Waals surface area contributed by atoms with Gasteiger partial charge < -0.3 is 10.2 Å². The lowest BCUT2D eigenvalue weighted by Crippen LogP contribution is -2.28. The van der Waals surface area contributed by atoms with Crippen molar-refractivity contribution in [2.75, 3.05) is 0 Å². The Labute approximate surface area is 81.9 Å². The van der Waals surface area contributed by atoms with Crippen LogP contribution in [0.15, 0.2) is 0 Å². The van der Waals surface area contributed by atoms with E-state index in [1.54, 1.807) is 0 Å². The molecule has 0 aromatic carbocycles. The van der Waals surface area contributed by atoms with Gasteiger partial charge >= 0.3 is 11.9 Å². The lowest BCUT2D eigenvalue weighted by atomic mass is 9.85. The van der Waals surface area contributed by atoms with Crippen LogP contribution in [0.3, 0.4) is 0 Å². The van der Waals surface area contributed by atoms with Crippen LogP contribution in [0, 0.1) is 23.7 Å². The van der Waals surface area contributed by atoms with Crippen molar-refractivity contribution in [2.45, 2.75) is 25.7 Å². The van der Waals surface area contributed by atoms with Crippen molar-refractivity contribution in [3.05, 3.63) is 0 Å². The zero-order chi connectivity index (χ0) is 10.3. The Hall–Kier alpha value is -1.06. The zero-order valence-electron chi connectivity index (χ0n) is 7.85. The fourth-order valence-electron chi connectivity index (χ4n) is 3.22. The van der Waals surface area contributed by atoms with Gasteiger partial charge in [0, 0.05) is 0 Å². The van der Waals surface area contributed by atoms with Crippen LogP contribution in [0.5, 0.6) is 0 Å². The van der Waals surface area contributed by atoms with E-state index in [-0.39, 0.29) is 5.92 Å². The summed E-state index contributed by atoms with van der Waals surface area (Å²) in [5, 5.41) is 17.9. The molecule has 14 heavy (non-hydrogen) atoms. The van der Waals surface area contributed by atoms with Gasteiger partial charge in [0.2, 0.25) is 0 Å². The molecule has 4 nitrogen and oxygen atoms in total. The third-order valence-electron chi connectivity index (χ3n) is 3.80. The minimum absolute atomic E-state index is 0.106. The standard InChI is InChI=1S/C10H14O4/c11-9(12)6-3-1-5-2-4-7(8(5)6)10(13)14/h5-8H,1-4H2,(H,11,12)(H,13,14)/t5?,6-,7+,8?. The molecule has 0 aliphatic heterocycles. The summed E-state index contributed by atoms with van der Waals surface area (Å²) in [6, 6.07) is 0. The second-order valence-electron chi connectivity index (χ2n) is 4.38. The van der Waals surface area contributed by atoms with Gasteiger partial charge in [0.25, 0.3) is 0 Å². The molecule has 0 aromatic heterocycles. The van der Waals surface area contributed by atoms with Crippen molar-refractivity contribution >= 4 is 11.9 Å². The van der Waals surface area contributed by atoms with Gasteiger partial charge in [-0.2, -0.15) is 0 Å². The average Bonchev–Trinajstić information content (AvgIpc) is 2.59. The molecule has 2 aliphatic carbocycles. The first-order valence-corrected chi connectivity index (χ1v) is 5.07. The van der Waals surface area contributed by atoms with Gasteiger partial charge in [0.1, 0.15) is 0 Å². The predicted molar refractivity (Wildman–Crippen MR) is 47.7 cm³/mol. The molecule has 2 aliphatic rings. The molecule has 0 amide bonds. The molecule has 2 fully saturated rings. The van der Waals surface area contributed by atoms with Crippen LogP contribution < -0.4 is 0 Å². The summed E-state index contributed by atoms with van der Waals surface area (Å²) < 4.78 is 0. The van der Waals surface area contributed by atoms with E-state index in [1.165, 1.54) is 0 Å². The Balaban J connectivity index is 2.19. The molecule has 0 radical (unpaired) electrons. The van der Waals surface area contributed by atoms with Crippen molar-refractivity contribution in [1.82, 2.24) is 0 Å². The van der Waals surface area contributed by atoms with Gasteiger partial charge in [0.05, 0.1) is 11.8 Å². The summed E-state index contributed by atoms with van der Waals surface area (Å²) in [6.45, 7) is 0. The Morgan fingerprint density at radius 3 is 1.64 bits per heavy atom. The van der Waals surface area contributed by atoms with Crippen molar-refractivity contribution < 1.29 is 19.8 Å². The van der Waals surface area contributed by atoms with Crippen LogP contribution in [0.2, 0.25) is 0 Å². The Morgan fingerprint density at radius 1 is 0.857 bits per heavy atom. The third kappa shape index (κ3) is 1.29. The van der Waals surface area contributed by atoms with Crippen LogP contribution in [0.4, 0.5) is 0 Å². The highest BCUT2D eigenvalue weighted by atomic mass is 16.4. The molecule has 0 aromatic rings. The number of hydrogen-bond acceptors (Lipinski definition) is 2. The minimum Gasteiger partial charge on any atom is -0.481 e. The largest absolute Gasteiger partial charge is 0.481 e. The maximum absolute atomic E-state index is 10.9. The van der Waals surface area contributed by atoms with E-state index in [0.29, 0.717) is 18.8 Å². The molecule has 0 heterocycles. The summed E-state index contributed by atoms with van der Waals surface area (Å²) in [5.41, 5.74) is 0. The Bertz CT molecular complexity index is 247. The number of aliphatic carboxylic acids is 2. The molecular weight excluding hydrogens is 184 g/mol. The summed E-state index contributed by atoms with van der Waals surface area (Å²) in [7, 11) is 0. The van der Waals surface area contributed by atoms with Crippen LogP contribution >= 0.6 is 0 Å². The number of carboxylic acids is 2. The minimum atomic E-state index is -0.814. The normalized spacial score (nSPS) is 40.9. The van der Waals surface area contributed by atoms with Crippen LogP contribution in [-0.4, -0.2) is 22.2 Å². The topological polar surface area (TPSA) is 74.6 Å². The van der Waals surface area contributed by atoms with Crippen molar-refractivity contribution in [3.8, 4) is 0 Å². The molecule has 78 valence electrons. The summed E-state index contributed by atoms with van der Waals surface area (Å²) in [4.78, 5) is 21.8. The van der Waals surface area contributed by atoms with E-state index in [0.717, 1.165) is 12.8 Å². The maximum atomic E-state index is 10.9. The van der Waals surface area contributed by atoms with E-state index in [1.807, 2.05) is 0 Å². The first-order valence-electron chi connectivity index (χ1n) is 5.07. The van der Waals surface area contributed by atoms with E-state index in [2.05, 4.69) is 0 Å². The van der Waals surface area contributed by atoms with E-state index in [9.17, 15) is 9.59 Å². The predicted octanol–water partition coefficient (Wildman–Crippen LogP) is 1.21. The summed E-state index contributed by atoms with van der Waals surface area (Å²) in [5.74, 6) is -2.22. The monoisotopic (exact) mass is 198 g/mol. The van der Waals surface area contributed by atoms with E-state index >= 15 is 0 Å². The third-order valence-corrected chi connectivity index (χ3v) is 3.80. The highest BCUT2D eigenvalue weighted by Crippen LogP contribution is 2.50. The second kappa shape index (κ2) is 3.26. The molecule has 2 N–H and O–H groups in total. The van der Waals surface area contributed by atoms with Gasteiger partial charge in [-0.25, -0.2) is 0 Å². The first kappa shape index (κ1) is 9.49. The molecule has 0 spiro atoms. The molecule has 2 rings (SSSR count). The second-order valence-corrected chi connectivity index (χ2v) is 4.38. The van der Waals surface area contributed by atoms with Gasteiger partial charge in [-0.3, -0.25) is 9.59 Å². The fraction of sp³-hybridized carbons (Fsp3) is 0.800. The maximum Gasteiger partial charge on any atom is 0.306 e. The SMILES string of the molecule is O=C(O)[C@H]1CCC2CC[C@@H](C(=O)O)C21. The van der Waals surface area contributed by atoms with Crippen LogP contribution in [0.25, 0.3) is 0 Å². The highest BCUT2D eigenvalue weighted by molar-refractivity contribution is 5.75. The number of carboxylic acid groups (broad SMARTS) is 2. The molecule has 4 heteroatoms. The lowest BCUT2D eigenvalue weighted by Gasteiger charge is -2.19. The van der Waals surface area contributed by atoms with Gasteiger partial charge in [0.15, 0.2) is 0 Å². The van der Waals surface area contributed by atoms with Gasteiger partial charge in [-0.05, 0) is 37.5 Å². The molecule has 0 saturated heterocycles. The molecule has 0 bridgehead atoms. The highest BCUT2D eigenvalue weighted by Gasteiger charge is 2.50. The number of carbonyl (C=O) groups is 2. The van der Waals surface area contributed by atoms with E-state index < -0.39 is 23.8 Å². The van der Waals surface area contributed by atoms with Crippen molar-refractivity contribution in [3.63, 3.8) is 0 Å². The fourth-order valence-corrected chi connectivity index (χ4v) is 3.22. The number of fused-ring (bicyclic) bond motifs is 1. The molecular formula is C10H14O4. The quantitative estimate of drug-likeness (QED) is 0.699. The first-order chi connectivity index (χ1) is 6.61. The Morgan fingerprint density at radius 2 is 1.29 bits per heavy atom. The zero-order valence-corrected chi connectivity index (χ0v) is 7.85. The van der Waals surface area contributed by atoms with Gasteiger partial charge in [-0.1, -0.05) is 0 Å². The van der Waals surface area contributed by atoms with Gasteiger partial charge in [-0.15, -0.1) is 0 Å². The smallest absolute Gasteiger partial charge is 0.306 e. The average molecular weight is 198 g/mol. The molecule has 2 unspecified atom stereocenters.